The van der Waals surface area contributed by atoms with Crippen molar-refractivity contribution in [3.05, 3.63) is 46.5 Å². The van der Waals surface area contributed by atoms with Crippen molar-refractivity contribution >= 4 is 35.1 Å². The molecule has 0 bridgehead atoms. The third-order valence-electron chi connectivity index (χ3n) is 5.12. The fourth-order valence-corrected chi connectivity index (χ4v) is 5.40. The van der Waals surface area contributed by atoms with Crippen LogP contribution in [0.3, 0.4) is 0 Å². The maximum absolute atomic E-state index is 14.3. The number of benzene rings is 2. The summed E-state index contributed by atoms with van der Waals surface area (Å²) in [4.78, 5) is 0.971. The minimum atomic E-state index is -1.15. The molecular weight excluding hydrogens is 395 g/mol. The van der Waals surface area contributed by atoms with Crippen LogP contribution in [0, 0.1) is 5.41 Å². The molecule has 0 saturated carbocycles. The predicted molar refractivity (Wildman–Crippen MR) is 118 cm³/mol. The van der Waals surface area contributed by atoms with Crippen molar-refractivity contribution in [2.45, 2.75) is 50.2 Å². The van der Waals surface area contributed by atoms with Gasteiger partial charge in [-0.05, 0) is 68.0 Å². The van der Waals surface area contributed by atoms with Crippen molar-refractivity contribution in [3.8, 4) is 11.1 Å². The Morgan fingerprint density at radius 2 is 2.04 bits per heavy atom. The molecule has 4 nitrogen and oxygen atoms in total. The number of nitrogens with zero attached hydrogens (tertiary/aromatic N) is 1. The monoisotopic (exact) mass is 420 g/mol. The van der Waals surface area contributed by atoms with E-state index in [1.54, 1.807) is 13.0 Å². The molecule has 0 aliphatic carbocycles. The molecule has 1 aliphatic heterocycles. The van der Waals surface area contributed by atoms with Gasteiger partial charge in [0, 0.05) is 39.3 Å². The van der Waals surface area contributed by atoms with Crippen molar-refractivity contribution in [2.75, 3.05) is 12.3 Å². The summed E-state index contributed by atoms with van der Waals surface area (Å²) in [5.41, 5.74) is 14.4. The molecule has 150 valence electrons. The first-order valence-electron chi connectivity index (χ1n) is 9.32. The van der Waals surface area contributed by atoms with Crippen LogP contribution in [0.4, 0.5) is 10.1 Å². The number of nitrogen functional groups attached to an aromatic ring is 2. The number of nitrogens with one attached hydrogen (secondary N) is 1. The molecule has 3 rings (SSSR count). The highest BCUT2D eigenvalue weighted by atomic mass is 35.5. The summed E-state index contributed by atoms with van der Waals surface area (Å²) in [6, 6.07) is 9.72. The number of halogens is 2. The standard InChI is InChI=1S/C21H26ClFN4S/c1-4-14-15(7-8-18(24)19(14)20(25)26)16-6-5-13(9-17(16)22)28-27-11-21(3,23)10-12(27)2/h5-9,12H,4,10-11,24H2,1-3H3,(H3,25,26). The molecule has 0 radical (unpaired) electrons. The SMILES string of the molecule is CCc1c(-c2ccc(SN3CC(C)(F)CC3C)cc2Cl)ccc(N)c1C(=N)N. The van der Waals surface area contributed by atoms with E-state index in [2.05, 4.69) is 4.31 Å². The molecule has 0 amide bonds. The Hall–Kier alpha value is -1.76. The number of nitrogens with two attached hydrogens (primary N) is 2. The van der Waals surface area contributed by atoms with Crippen LogP contribution < -0.4 is 11.5 Å². The Kier molecular flexibility index (Phi) is 5.94. The Morgan fingerprint density at radius 1 is 1.36 bits per heavy atom. The van der Waals surface area contributed by atoms with Crippen LogP contribution in [-0.4, -0.2) is 28.4 Å². The van der Waals surface area contributed by atoms with Crippen LogP contribution in [0.25, 0.3) is 11.1 Å². The Balaban J connectivity index is 1.94. The second-order valence-electron chi connectivity index (χ2n) is 7.60. The Labute approximate surface area is 175 Å². The minimum Gasteiger partial charge on any atom is -0.398 e. The van der Waals surface area contributed by atoms with E-state index in [1.165, 1.54) is 11.9 Å². The molecule has 1 fully saturated rings. The molecule has 2 aromatic rings. The Morgan fingerprint density at radius 3 is 2.57 bits per heavy atom. The Bertz CT molecular complexity index is 916. The summed E-state index contributed by atoms with van der Waals surface area (Å²) < 4.78 is 16.3. The molecule has 2 aromatic carbocycles. The average Bonchev–Trinajstić information content (AvgIpc) is 2.86. The van der Waals surface area contributed by atoms with Gasteiger partial charge in [-0.2, -0.15) is 0 Å². The van der Waals surface area contributed by atoms with Gasteiger partial charge < -0.3 is 11.5 Å². The van der Waals surface area contributed by atoms with Crippen LogP contribution in [0.1, 0.15) is 38.3 Å². The second-order valence-corrected chi connectivity index (χ2v) is 9.13. The first-order chi connectivity index (χ1) is 13.1. The normalized spacial score (nSPS) is 22.5. The zero-order valence-corrected chi connectivity index (χ0v) is 17.9. The molecule has 28 heavy (non-hydrogen) atoms. The van der Waals surface area contributed by atoms with Crippen molar-refractivity contribution in [2.24, 2.45) is 5.73 Å². The molecule has 2 atom stereocenters. The summed E-state index contributed by atoms with van der Waals surface area (Å²) in [5.74, 6) is -0.0446. The molecule has 5 N–H and O–H groups in total. The molecule has 2 unspecified atom stereocenters. The zero-order chi connectivity index (χ0) is 20.6. The fourth-order valence-electron chi connectivity index (χ4n) is 3.90. The third-order valence-corrected chi connectivity index (χ3v) is 6.62. The number of amidine groups is 1. The van der Waals surface area contributed by atoms with E-state index >= 15 is 0 Å². The first-order valence-corrected chi connectivity index (χ1v) is 10.5. The van der Waals surface area contributed by atoms with Crippen molar-refractivity contribution < 1.29 is 4.39 Å². The van der Waals surface area contributed by atoms with E-state index in [1.807, 2.05) is 38.1 Å². The van der Waals surface area contributed by atoms with E-state index in [-0.39, 0.29) is 11.9 Å². The predicted octanol–water partition coefficient (Wildman–Crippen LogP) is 5.27. The van der Waals surface area contributed by atoms with Gasteiger partial charge in [-0.3, -0.25) is 5.41 Å². The van der Waals surface area contributed by atoms with Gasteiger partial charge in [-0.1, -0.05) is 30.7 Å². The first kappa shape index (κ1) is 21.0. The maximum atomic E-state index is 14.3. The molecule has 7 heteroatoms. The van der Waals surface area contributed by atoms with Crippen LogP contribution in [0.15, 0.2) is 35.2 Å². The van der Waals surface area contributed by atoms with E-state index in [0.29, 0.717) is 35.7 Å². The molecule has 1 aliphatic rings. The number of alkyl halides is 1. The molecule has 1 saturated heterocycles. The van der Waals surface area contributed by atoms with Crippen molar-refractivity contribution in [1.82, 2.24) is 4.31 Å². The fraction of sp³-hybridized carbons (Fsp3) is 0.381. The number of hydrogen-bond acceptors (Lipinski definition) is 4. The topological polar surface area (TPSA) is 79.1 Å². The van der Waals surface area contributed by atoms with E-state index in [9.17, 15) is 4.39 Å². The van der Waals surface area contributed by atoms with Gasteiger partial charge in [0.05, 0.1) is 0 Å². The van der Waals surface area contributed by atoms with Crippen molar-refractivity contribution in [1.29, 1.82) is 5.41 Å². The molecule has 0 aromatic heterocycles. The third kappa shape index (κ3) is 4.14. The summed E-state index contributed by atoms with van der Waals surface area (Å²) >= 11 is 8.16. The van der Waals surface area contributed by atoms with Crippen LogP contribution in [-0.2, 0) is 6.42 Å². The van der Waals surface area contributed by atoms with Crippen LogP contribution in [0.2, 0.25) is 5.02 Å². The highest BCUT2D eigenvalue weighted by Gasteiger charge is 2.39. The highest BCUT2D eigenvalue weighted by molar-refractivity contribution is 7.97. The van der Waals surface area contributed by atoms with Gasteiger partial charge in [-0.15, -0.1) is 0 Å². The van der Waals surface area contributed by atoms with Gasteiger partial charge in [-0.25, -0.2) is 8.70 Å². The molecule has 0 spiro atoms. The summed E-state index contributed by atoms with van der Waals surface area (Å²) in [6.45, 7) is 6.10. The largest absolute Gasteiger partial charge is 0.398 e. The molecular formula is C21H26ClFN4S. The van der Waals surface area contributed by atoms with Gasteiger partial charge in [0.25, 0.3) is 0 Å². The van der Waals surface area contributed by atoms with E-state index in [0.717, 1.165) is 21.6 Å². The van der Waals surface area contributed by atoms with Crippen LogP contribution >= 0.6 is 23.5 Å². The lowest BCUT2D eigenvalue weighted by Gasteiger charge is -2.20. The smallest absolute Gasteiger partial charge is 0.125 e. The highest BCUT2D eigenvalue weighted by Crippen LogP contribution is 2.40. The number of anilines is 1. The summed E-state index contributed by atoms with van der Waals surface area (Å²) in [7, 11) is 0. The number of rotatable bonds is 5. The van der Waals surface area contributed by atoms with Gasteiger partial charge in [0.1, 0.15) is 11.5 Å². The van der Waals surface area contributed by atoms with E-state index in [4.69, 9.17) is 28.5 Å². The van der Waals surface area contributed by atoms with Crippen molar-refractivity contribution in [3.63, 3.8) is 0 Å². The van der Waals surface area contributed by atoms with Gasteiger partial charge >= 0.3 is 0 Å². The van der Waals surface area contributed by atoms with Gasteiger partial charge in [0.15, 0.2) is 0 Å². The summed E-state index contributed by atoms with van der Waals surface area (Å²) in [6.07, 6.45) is 1.22. The maximum Gasteiger partial charge on any atom is 0.125 e. The molecule has 1 heterocycles. The minimum absolute atomic E-state index is 0.0446. The van der Waals surface area contributed by atoms with Crippen LogP contribution in [0.5, 0.6) is 0 Å². The lowest BCUT2D eigenvalue weighted by Crippen LogP contribution is -2.22. The quantitative estimate of drug-likeness (QED) is 0.266. The average molecular weight is 421 g/mol. The zero-order valence-electron chi connectivity index (χ0n) is 16.4. The second kappa shape index (κ2) is 7.93. The number of hydrogen-bond donors (Lipinski definition) is 3. The lowest BCUT2D eigenvalue weighted by atomic mass is 9.92. The van der Waals surface area contributed by atoms with E-state index < -0.39 is 5.67 Å². The summed E-state index contributed by atoms with van der Waals surface area (Å²) in [5, 5.41) is 8.47. The van der Waals surface area contributed by atoms with Gasteiger partial charge in [0.2, 0.25) is 0 Å². The lowest BCUT2D eigenvalue weighted by molar-refractivity contribution is 0.209.